The molecule has 0 radical (unpaired) electrons. The summed E-state index contributed by atoms with van der Waals surface area (Å²) in [4.78, 5) is 18.8. The highest BCUT2D eigenvalue weighted by Crippen LogP contribution is 2.34. The zero-order chi connectivity index (χ0) is 13.8. The standard InChI is InChI=1S/C14H14N2O3/c1-9-4-14(19-3)11(6-13(9)18-2)12-5-10(7-17)15-8-16-12/h4-8H,1-3H3. The number of hydrogen-bond acceptors (Lipinski definition) is 5. The summed E-state index contributed by atoms with van der Waals surface area (Å²) in [5.41, 5.74) is 2.67. The Balaban J connectivity index is 2.62. The van der Waals surface area contributed by atoms with Crippen LogP contribution in [-0.2, 0) is 0 Å². The first-order chi connectivity index (χ1) is 9.19. The molecule has 0 bridgehead atoms. The number of nitrogens with zero attached hydrogens (tertiary/aromatic N) is 2. The molecular weight excluding hydrogens is 244 g/mol. The molecule has 0 fully saturated rings. The highest BCUT2D eigenvalue weighted by Gasteiger charge is 2.12. The molecule has 2 rings (SSSR count). The molecule has 0 unspecified atom stereocenters. The lowest BCUT2D eigenvalue weighted by atomic mass is 10.1. The Hall–Kier alpha value is -2.43. The van der Waals surface area contributed by atoms with Crippen LogP contribution >= 0.6 is 0 Å². The van der Waals surface area contributed by atoms with Gasteiger partial charge < -0.3 is 9.47 Å². The maximum Gasteiger partial charge on any atom is 0.168 e. The van der Waals surface area contributed by atoms with Crippen molar-refractivity contribution in [3.8, 4) is 22.8 Å². The summed E-state index contributed by atoms with van der Waals surface area (Å²) in [5.74, 6) is 1.41. The molecule has 0 saturated carbocycles. The lowest BCUT2D eigenvalue weighted by Gasteiger charge is -2.12. The van der Waals surface area contributed by atoms with Gasteiger partial charge in [-0.25, -0.2) is 9.97 Å². The molecule has 0 aliphatic carbocycles. The molecule has 19 heavy (non-hydrogen) atoms. The van der Waals surface area contributed by atoms with E-state index >= 15 is 0 Å². The van der Waals surface area contributed by atoms with Crippen molar-refractivity contribution in [1.82, 2.24) is 9.97 Å². The smallest absolute Gasteiger partial charge is 0.168 e. The van der Waals surface area contributed by atoms with Crippen LogP contribution in [0.4, 0.5) is 0 Å². The Morgan fingerprint density at radius 3 is 2.42 bits per heavy atom. The molecule has 98 valence electrons. The molecule has 0 amide bonds. The average molecular weight is 258 g/mol. The van der Waals surface area contributed by atoms with Gasteiger partial charge in [-0.3, -0.25) is 4.79 Å². The zero-order valence-electron chi connectivity index (χ0n) is 11.0. The zero-order valence-corrected chi connectivity index (χ0v) is 11.0. The maximum atomic E-state index is 10.8. The van der Waals surface area contributed by atoms with Crippen LogP contribution < -0.4 is 9.47 Å². The minimum atomic E-state index is 0.326. The summed E-state index contributed by atoms with van der Waals surface area (Å²) < 4.78 is 10.6. The van der Waals surface area contributed by atoms with Crippen molar-refractivity contribution in [3.05, 3.63) is 35.8 Å². The first kappa shape index (κ1) is 13.0. The minimum Gasteiger partial charge on any atom is -0.496 e. The summed E-state index contributed by atoms with van der Waals surface area (Å²) >= 11 is 0. The van der Waals surface area contributed by atoms with E-state index in [9.17, 15) is 4.79 Å². The number of carbonyl (C=O) groups is 1. The van der Waals surface area contributed by atoms with Crippen molar-refractivity contribution in [2.24, 2.45) is 0 Å². The molecule has 1 heterocycles. The van der Waals surface area contributed by atoms with Gasteiger partial charge in [-0.2, -0.15) is 0 Å². The first-order valence-corrected chi connectivity index (χ1v) is 5.69. The fraction of sp³-hybridized carbons (Fsp3) is 0.214. The van der Waals surface area contributed by atoms with Gasteiger partial charge in [-0.15, -0.1) is 0 Å². The molecule has 1 aromatic carbocycles. The van der Waals surface area contributed by atoms with E-state index in [1.54, 1.807) is 20.3 Å². The van der Waals surface area contributed by atoms with Crippen LogP contribution in [0.25, 0.3) is 11.3 Å². The van der Waals surface area contributed by atoms with Crippen LogP contribution in [0, 0.1) is 6.92 Å². The topological polar surface area (TPSA) is 61.3 Å². The summed E-state index contributed by atoms with van der Waals surface area (Å²) in [7, 11) is 3.20. The summed E-state index contributed by atoms with van der Waals surface area (Å²) in [6.45, 7) is 1.93. The van der Waals surface area contributed by atoms with Gasteiger partial charge in [0, 0.05) is 5.56 Å². The molecule has 0 aliphatic rings. The number of hydrogen-bond donors (Lipinski definition) is 0. The minimum absolute atomic E-state index is 0.326. The number of benzene rings is 1. The van der Waals surface area contributed by atoms with Gasteiger partial charge in [-0.05, 0) is 30.7 Å². The molecular formula is C14H14N2O3. The third-order valence-corrected chi connectivity index (χ3v) is 2.80. The third-order valence-electron chi connectivity index (χ3n) is 2.80. The molecule has 2 aromatic rings. The second-order valence-electron chi connectivity index (χ2n) is 3.97. The van der Waals surface area contributed by atoms with E-state index in [1.165, 1.54) is 6.33 Å². The normalized spacial score (nSPS) is 10.1. The van der Waals surface area contributed by atoms with Gasteiger partial charge in [0.25, 0.3) is 0 Å². The molecule has 0 saturated heterocycles. The van der Waals surface area contributed by atoms with Crippen molar-refractivity contribution in [2.45, 2.75) is 6.92 Å². The number of aromatic nitrogens is 2. The van der Waals surface area contributed by atoms with Crippen LogP contribution in [0.2, 0.25) is 0 Å². The number of aryl methyl sites for hydroxylation is 1. The monoisotopic (exact) mass is 258 g/mol. The highest BCUT2D eigenvalue weighted by atomic mass is 16.5. The lowest BCUT2D eigenvalue weighted by molar-refractivity contribution is 0.111. The van der Waals surface area contributed by atoms with Crippen molar-refractivity contribution in [1.29, 1.82) is 0 Å². The second-order valence-corrected chi connectivity index (χ2v) is 3.97. The van der Waals surface area contributed by atoms with Gasteiger partial charge in [0.2, 0.25) is 0 Å². The maximum absolute atomic E-state index is 10.8. The second kappa shape index (κ2) is 5.48. The Bertz CT molecular complexity index is 612. The van der Waals surface area contributed by atoms with E-state index in [2.05, 4.69) is 9.97 Å². The number of rotatable bonds is 4. The van der Waals surface area contributed by atoms with Crippen molar-refractivity contribution >= 4 is 6.29 Å². The van der Waals surface area contributed by atoms with Crippen LogP contribution in [0.3, 0.4) is 0 Å². The first-order valence-electron chi connectivity index (χ1n) is 5.69. The van der Waals surface area contributed by atoms with Gasteiger partial charge >= 0.3 is 0 Å². The predicted molar refractivity (Wildman–Crippen MR) is 70.7 cm³/mol. The van der Waals surface area contributed by atoms with Crippen molar-refractivity contribution in [3.63, 3.8) is 0 Å². The van der Waals surface area contributed by atoms with Crippen LogP contribution in [0.5, 0.6) is 11.5 Å². The largest absolute Gasteiger partial charge is 0.496 e. The van der Waals surface area contributed by atoms with Crippen molar-refractivity contribution < 1.29 is 14.3 Å². The Morgan fingerprint density at radius 2 is 1.79 bits per heavy atom. The quantitative estimate of drug-likeness (QED) is 0.787. The van der Waals surface area contributed by atoms with Gasteiger partial charge in [-0.1, -0.05) is 0 Å². The number of methoxy groups -OCH3 is 2. The fourth-order valence-electron chi connectivity index (χ4n) is 1.83. The van der Waals surface area contributed by atoms with Crippen molar-refractivity contribution in [2.75, 3.05) is 14.2 Å². The Labute approximate surface area is 111 Å². The third kappa shape index (κ3) is 2.54. The Morgan fingerprint density at radius 1 is 1.05 bits per heavy atom. The summed E-state index contributed by atoms with van der Waals surface area (Å²) in [5, 5.41) is 0. The molecule has 5 nitrogen and oxygen atoms in total. The van der Waals surface area contributed by atoms with Gasteiger partial charge in [0.05, 0.1) is 19.9 Å². The predicted octanol–water partition coefficient (Wildman–Crippen LogP) is 2.28. The van der Waals surface area contributed by atoms with E-state index < -0.39 is 0 Å². The molecule has 0 aliphatic heterocycles. The number of ether oxygens (including phenoxy) is 2. The molecule has 0 spiro atoms. The lowest BCUT2D eigenvalue weighted by Crippen LogP contribution is -1.96. The van der Waals surface area contributed by atoms with Crippen LogP contribution in [0.1, 0.15) is 16.1 Å². The Kier molecular flexibility index (Phi) is 3.75. The SMILES string of the molecule is COc1cc(-c2cc(C=O)ncn2)c(OC)cc1C. The average Bonchev–Trinajstić information content (AvgIpc) is 2.46. The van der Waals surface area contributed by atoms with E-state index in [1.807, 2.05) is 19.1 Å². The van der Waals surface area contributed by atoms with E-state index in [4.69, 9.17) is 9.47 Å². The van der Waals surface area contributed by atoms with E-state index in [-0.39, 0.29) is 0 Å². The summed E-state index contributed by atoms with van der Waals surface area (Å²) in [6, 6.07) is 5.32. The van der Waals surface area contributed by atoms with Crippen LogP contribution in [-0.4, -0.2) is 30.5 Å². The van der Waals surface area contributed by atoms with Gasteiger partial charge in [0.15, 0.2) is 6.29 Å². The van der Waals surface area contributed by atoms with E-state index in [0.717, 1.165) is 16.9 Å². The number of carbonyl (C=O) groups excluding carboxylic acids is 1. The fourth-order valence-corrected chi connectivity index (χ4v) is 1.83. The number of aldehydes is 1. The highest BCUT2D eigenvalue weighted by molar-refractivity contribution is 5.77. The molecule has 5 heteroatoms. The molecule has 0 N–H and O–H groups in total. The molecule has 0 atom stereocenters. The summed E-state index contributed by atoms with van der Waals surface area (Å²) in [6.07, 6.45) is 2.04. The molecule has 1 aromatic heterocycles. The van der Waals surface area contributed by atoms with Crippen LogP contribution in [0.15, 0.2) is 24.5 Å². The van der Waals surface area contributed by atoms with Gasteiger partial charge in [0.1, 0.15) is 23.5 Å². The van der Waals surface area contributed by atoms with E-state index in [0.29, 0.717) is 23.4 Å².